The third kappa shape index (κ3) is 6.38. The highest BCUT2D eigenvalue weighted by atomic mass is 32.1. The summed E-state index contributed by atoms with van der Waals surface area (Å²) >= 11 is 1.85. The fourth-order valence-corrected chi connectivity index (χ4v) is 11.7. The van der Waals surface area contributed by atoms with Gasteiger partial charge in [0.2, 0.25) is 0 Å². The number of hydrogen-bond acceptors (Lipinski definition) is 4. The third-order valence-electron chi connectivity index (χ3n) is 13.8. The molecule has 318 valence electrons. The van der Waals surface area contributed by atoms with Crippen molar-refractivity contribution in [3.8, 4) is 28.1 Å². The first-order valence-corrected chi connectivity index (χ1v) is 23.8. The van der Waals surface area contributed by atoms with E-state index in [0.717, 1.165) is 62.1 Å². The summed E-state index contributed by atoms with van der Waals surface area (Å²) < 4.78 is 4.86. The number of anilines is 6. The Morgan fingerprint density at radius 2 is 1.00 bits per heavy atom. The maximum absolute atomic E-state index is 4.81. The van der Waals surface area contributed by atoms with Gasteiger partial charge in [-0.05, 0) is 143 Å². The van der Waals surface area contributed by atoms with Gasteiger partial charge < -0.3 is 9.80 Å². The van der Waals surface area contributed by atoms with Crippen LogP contribution in [0, 0.1) is 0 Å². The molecule has 0 aliphatic heterocycles. The van der Waals surface area contributed by atoms with Gasteiger partial charge in [0.25, 0.3) is 0 Å². The molecular weight excluding hydrogens is 833 g/mol. The molecule has 3 aromatic heterocycles. The average Bonchev–Trinajstić information content (AvgIpc) is 4.00. The van der Waals surface area contributed by atoms with Crippen molar-refractivity contribution in [2.24, 2.45) is 0 Å². The predicted molar refractivity (Wildman–Crippen MR) is 284 cm³/mol. The summed E-state index contributed by atoms with van der Waals surface area (Å²) in [5, 5.41) is 4.91. The molecule has 13 rings (SSSR count). The fourth-order valence-electron chi connectivity index (χ4n) is 10.6. The first kappa shape index (κ1) is 39.1. The van der Waals surface area contributed by atoms with Gasteiger partial charge in [0, 0.05) is 76.7 Å². The van der Waals surface area contributed by atoms with Crippen LogP contribution < -0.4 is 9.80 Å². The molecule has 0 saturated carbocycles. The number of aromatic nitrogens is 2. The molecule has 1 aliphatic carbocycles. The van der Waals surface area contributed by atoms with Gasteiger partial charge in [0.05, 0.1) is 11.0 Å². The number of fused-ring (bicyclic) bond motifs is 9. The first-order chi connectivity index (χ1) is 33.0. The minimum absolute atomic E-state index is 0.157. The standard InChI is InChI=1S/C62H44N4S/c1-62(2)55-24-12-9-21-49(55)50-31-29-46(40-56(50)62)65(44-19-7-4-8-20-44)48-36-42(41-28-32-58-53(37-41)51-22-10-13-25-57(51)66(58)61-27-15-16-34-63-61)35-47(38-48)64(43-17-5-3-6-18-43)45-30-33-60-54(39-45)52-23-11-14-26-59(52)67-60/h3-40H,1-2H3. The van der Waals surface area contributed by atoms with E-state index in [1.54, 1.807) is 0 Å². The maximum atomic E-state index is 4.81. The molecule has 67 heavy (non-hydrogen) atoms. The van der Waals surface area contributed by atoms with Crippen molar-refractivity contribution in [2.75, 3.05) is 9.80 Å². The maximum Gasteiger partial charge on any atom is 0.137 e. The zero-order chi connectivity index (χ0) is 44.6. The van der Waals surface area contributed by atoms with E-state index < -0.39 is 0 Å². The number of hydrogen-bond donors (Lipinski definition) is 0. The number of pyridine rings is 1. The van der Waals surface area contributed by atoms with E-state index in [4.69, 9.17) is 4.98 Å². The van der Waals surface area contributed by atoms with E-state index in [1.807, 2.05) is 23.6 Å². The summed E-state index contributed by atoms with van der Waals surface area (Å²) in [6, 6.07) is 82.1. The Bertz CT molecular complexity index is 3850. The Hall–Kier alpha value is -8.25. The number of rotatable bonds is 8. The normalized spacial score (nSPS) is 12.7. The molecule has 4 nitrogen and oxygen atoms in total. The van der Waals surface area contributed by atoms with Crippen LogP contribution in [0.2, 0.25) is 0 Å². The lowest BCUT2D eigenvalue weighted by atomic mass is 9.82. The molecule has 0 unspecified atom stereocenters. The van der Waals surface area contributed by atoms with Crippen LogP contribution in [0.3, 0.4) is 0 Å². The van der Waals surface area contributed by atoms with Gasteiger partial charge in [0.1, 0.15) is 5.82 Å². The highest BCUT2D eigenvalue weighted by Crippen LogP contribution is 2.52. The Morgan fingerprint density at radius 3 is 1.76 bits per heavy atom. The number of nitrogens with zero attached hydrogens (tertiary/aromatic N) is 4. The van der Waals surface area contributed by atoms with Crippen LogP contribution in [-0.4, -0.2) is 9.55 Å². The average molecular weight is 877 g/mol. The van der Waals surface area contributed by atoms with E-state index in [1.165, 1.54) is 53.2 Å². The van der Waals surface area contributed by atoms with Crippen LogP contribution >= 0.6 is 11.3 Å². The molecule has 0 amide bonds. The summed E-state index contributed by atoms with van der Waals surface area (Å²) in [7, 11) is 0. The van der Waals surface area contributed by atoms with Crippen LogP contribution in [0.4, 0.5) is 34.1 Å². The molecular formula is C62H44N4S. The molecule has 0 N–H and O–H groups in total. The molecule has 0 radical (unpaired) electrons. The second-order valence-corrected chi connectivity index (χ2v) is 19.1. The Morgan fingerprint density at radius 1 is 0.388 bits per heavy atom. The van der Waals surface area contributed by atoms with Gasteiger partial charge in [0.15, 0.2) is 0 Å². The van der Waals surface area contributed by atoms with Crippen molar-refractivity contribution in [3.63, 3.8) is 0 Å². The monoisotopic (exact) mass is 876 g/mol. The SMILES string of the molecule is CC1(C)c2ccccc2-c2ccc(N(c3ccccc3)c3cc(-c4ccc5c(c4)c4ccccc4n5-c4ccccn4)cc(N(c4ccccc4)c4ccc5sc6ccccc6c5c4)c3)cc21. The zero-order valence-electron chi connectivity index (χ0n) is 37.1. The largest absolute Gasteiger partial charge is 0.310 e. The molecule has 9 aromatic carbocycles. The van der Waals surface area contributed by atoms with Gasteiger partial charge >= 0.3 is 0 Å². The molecule has 0 atom stereocenters. The molecule has 5 heteroatoms. The summed E-state index contributed by atoms with van der Waals surface area (Å²) in [6.45, 7) is 4.72. The van der Waals surface area contributed by atoms with Gasteiger partial charge in [-0.3, -0.25) is 4.57 Å². The zero-order valence-corrected chi connectivity index (χ0v) is 38.0. The van der Waals surface area contributed by atoms with Crippen LogP contribution in [0.1, 0.15) is 25.0 Å². The Balaban J connectivity index is 1.07. The highest BCUT2D eigenvalue weighted by molar-refractivity contribution is 7.25. The summed E-state index contributed by atoms with van der Waals surface area (Å²) in [5.74, 6) is 0.902. The summed E-state index contributed by atoms with van der Waals surface area (Å²) in [6.07, 6.45) is 1.87. The predicted octanol–water partition coefficient (Wildman–Crippen LogP) is 17.5. The van der Waals surface area contributed by atoms with Crippen LogP contribution in [0.5, 0.6) is 0 Å². The van der Waals surface area contributed by atoms with Gasteiger partial charge in [-0.2, -0.15) is 0 Å². The minimum atomic E-state index is -0.157. The highest BCUT2D eigenvalue weighted by Gasteiger charge is 2.36. The van der Waals surface area contributed by atoms with Crippen molar-refractivity contribution in [1.82, 2.24) is 9.55 Å². The van der Waals surface area contributed by atoms with Crippen molar-refractivity contribution < 1.29 is 0 Å². The minimum Gasteiger partial charge on any atom is -0.310 e. The van der Waals surface area contributed by atoms with E-state index >= 15 is 0 Å². The molecule has 0 spiro atoms. The van der Waals surface area contributed by atoms with Crippen molar-refractivity contribution >= 4 is 87.4 Å². The van der Waals surface area contributed by atoms with Crippen molar-refractivity contribution in [2.45, 2.75) is 19.3 Å². The third-order valence-corrected chi connectivity index (χ3v) is 14.9. The molecule has 12 aromatic rings. The van der Waals surface area contributed by atoms with Gasteiger partial charge in [-0.25, -0.2) is 4.98 Å². The second-order valence-electron chi connectivity index (χ2n) is 18.0. The topological polar surface area (TPSA) is 24.3 Å². The van der Waals surface area contributed by atoms with Gasteiger partial charge in [-0.15, -0.1) is 11.3 Å². The quantitative estimate of drug-likeness (QED) is 0.152. The Labute approximate surface area is 393 Å². The van der Waals surface area contributed by atoms with Crippen LogP contribution in [0.15, 0.2) is 231 Å². The summed E-state index contributed by atoms with van der Waals surface area (Å²) in [5.41, 5.74) is 16.2. The fraction of sp³-hybridized carbons (Fsp3) is 0.0484. The van der Waals surface area contributed by atoms with Crippen LogP contribution in [0.25, 0.3) is 70.0 Å². The van der Waals surface area contributed by atoms with E-state index in [2.05, 4.69) is 247 Å². The molecule has 3 heterocycles. The van der Waals surface area contributed by atoms with E-state index in [-0.39, 0.29) is 5.41 Å². The van der Waals surface area contributed by atoms with Gasteiger partial charge in [-0.1, -0.05) is 129 Å². The van der Waals surface area contributed by atoms with E-state index in [9.17, 15) is 0 Å². The Kier molecular flexibility index (Phi) is 9.02. The lowest BCUT2D eigenvalue weighted by Crippen LogP contribution is -2.17. The number of para-hydroxylation sites is 3. The van der Waals surface area contributed by atoms with Crippen LogP contribution in [-0.2, 0) is 5.41 Å². The van der Waals surface area contributed by atoms with Crippen molar-refractivity contribution in [1.29, 1.82) is 0 Å². The molecule has 0 fully saturated rings. The molecule has 0 saturated heterocycles. The molecule has 0 bridgehead atoms. The van der Waals surface area contributed by atoms with E-state index in [0.29, 0.717) is 0 Å². The lowest BCUT2D eigenvalue weighted by Gasteiger charge is -2.31. The second kappa shape index (κ2) is 15.4. The number of benzene rings is 9. The van der Waals surface area contributed by atoms with Crippen molar-refractivity contribution in [3.05, 3.63) is 242 Å². The summed E-state index contributed by atoms with van der Waals surface area (Å²) in [4.78, 5) is 9.67. The molecule has 1 aliphatic rings. The smallest absolute Gasteiger partial charge is 0.137 e. The lowest BCUT2D eigenvalue weighted by molar-refractivity contribution is 0.660. The first-order valence-electron chi connectivity index (χ1n) is 22.9. The number of thiophene rings is 1.